The van der Waals surface area contributed by atoms with E-state index in [1.54, 1.807) is 0 Å². The molecule has 0 radical (unpaired) electrons. The van der Waals surface area contributed by atoms with Crippen molar-refractivity contribution in [1.29, 1.82) is 0 Å². The number of hydrogen-bond donors (Lipinski definition) is 1. The Kier molecular flexibility index (Phi) is 8.10. The van der Waals surface area contributed by atoms with Crippen LogP contribution in [0, 0.1) is 0 Å². The zero-order chi connectivity index (χ0) is 15.8. The van der Waals surface area contributed by atoms with Gasteiger partial charge >= 0.3 is 11.9 Å². The minimum absolute atomic E-state index is 0.0847. The van der Waals surface area contributed by atoms with Crippen molar-refractivity contribution in [3.8, 4) is 0 Å². The van der Waals surface area contributed by atoms with E-state index in [1.807, 2.05) is 38.0 Å². The molecule has 1 unspecified atom stereocenters. The Morgan fingerprint density at radius 2 is 1.85 bits per heavy atom. The number of carboxylic acid groups (broad SMARTS) is 1. The fourth-order valence-corrected chi connectivity index (χ4v) is 2.20. The molecule has 0 fully saturated rings. The molecule has 0 amide bonds. The predicted octanol–water partition coefficient (Wildman–Crippen LogP) is 0.833. The lowest BCUT2D eigenvalue weighted by Crippen LogP contribution is -2.52. The summed E-state index contributed by atoms with van der Waals surface area (Å²) in [6.45, 7) is 4.29. The monoisotopic (exact) mass is 286 g/mol. The maximum absolute atomic E-state index is 11.1. The Labute approximate surface area is 121 Å². The Bertz CT molecular complexity index is 342. The SMILES string of the molecule is C=CC(=O)OCCC(CCC(=O)O)(CN(C)C)N(C)C. The third kappa shape index (κ3) is 6.68. The number of esters is 1. The number of carboxylic acids is 1. The molecule has 6 heteroatoms. The Hall–Kier alpha value is -1.40. The molecule has 0 aliphatic carbocycles. The van der Waals surface area contributed by atoms with Crippen molar-refractivity contribution in [2.75, 3.05) is 41.3 Å². The van der Waals surface area contributed by atoms with E-state index >= 15 is 0 Å². The van der Waals surface area contributed by atoms with Crippen molar-refractivity contribution in [2.24, 2.45) is 0 Å². The molecule has 0 bridgehead atoms. The summed E-state index contributed by atoms with van der Waals surface area (Å²) < 4.78 is 5.04. The average molecular weight is 286 g/mol. The number of likely N-dealkylation sites (N-methyl/N-ethyl adjacent to an activating group) is 2. The summed E-state index contributed by atoms with van der Waals surface area (Å²) in [5, 5.41) is 8.91. The molecule has 0 heterocycles. The predicted molar refractivity (Wildman–Crippen MR) is 77.6 cm³/mol. The lowest BCUT2D eigenvalue weighted by atomic mass is 9.88. The zero-order valence-electron chi connectivity index (χ0n) is 12.9. The Morgan fingerprint density at radius 3 is 2.25 bits per heavy atom. The van der Waals surface area contributed by atoms with E-state index in [-0.39, 0.29) is 18.6 Å². The van der Waals surface area contributed by atoms with Crippen LogP contribution in [-0.4, -0.2) is 73.7 Å². The molecule has 0 aromatic rings. The van der Waals surface area contributed by atoms with Gasteiger partial charge in [-0.25, -0.2) is 4.79 Å². The largest absolute Gasteiger partial charge is 0.481 e. The lowest BCUT2D eigenvalue weighted by Gasteiger charge is -2.41. The van der Waals surface area contributed by atoms with Crippen molar-refractivity contribution in [2.45, 2.75) is 24.8 Å². The van der Waals surface area contributed by atoms with Gasteiger partial charge in [-0.3, -0.25) is 4.79 Å². The number of hydrogen-bond acceptors (Lipinski definition) is 5. The summed E-state index contributed by atoms with van der Waals surface area (Å²) in [7, 11) is 7.71. The van der Waals surface area contributed by atoms with Gasteiger partial charge in [-0.15, -0.1) is 0 Å². The van der Waals surface area contributed by atoms with Crippen molar-refractivity contribution >= 4 is 11.9 Å². The number of ether oxygens (including phenoxy) is 1. The molecule has 0 aromatic heterocycles. The van der Waals surface area contributed by atoms with Crippen LogP contribution < -0.4 is 0 Å². The van der Waals surface area contributed by atoms with Gasteiger partial charge in [0.05, 0.1) is 6.61 Å². The first-order valence-corrected chi connectivity index (χ1v) is 6.56. The first-order valence-electron chi connectivity index (χ1n) is 6.56. The van der Waals surface area contributed by atoms with Crippen LogP contribution in [0.5, 0.6) is 0 Å². The van der Waals surface area contributed by atoms with E-state index < -0.39 is 11.9 Å². The third-order valence-electron chi connectivity index (χ3n) is 3.34. The second-order valence-electron chi connectivity index (χ2n) is 5.37. The molecule has 1 N–H and O–H groups in total. The minimum Gasteiger partial charge on any atom is -0.481 e. The highest BCUT2D eigenvalue weighted by Crippen LogP contribution is 2.25. The standard InChI is InChI=1S/C14H26N2O4/c1-6-13(19)20-10-9-14(16(4)5,11-15(2)3)8-7-12(17)18/h6H,1,7-11H2,2-5H3,(H,17,18). The topological polar surface area (TPSA) is 70.1 Å². The van der Waals surface area contributed by atoms with Gasteiger partial charge in [-0.1, -0.05) is 6.58 Å². The first kappa shape index (κ1) is 18.6. The third-order valence-corrected chi connectivity index (χ3v) is 3.34. The van der Waals surface area contributed by atoms with Gasteiger partial charge in [-0.05, 0) is 34.6 Å². The van der Waals surface area contributed by atoms with Crippen molar-refractivity contribution in [3.05, 3.63) is 12.7 Å². The summed E-state index contributed by atoms with van der Waals surface area (Å²) in [5.41, 5.74) is -0.344. The molecule has 116 valence electrons. The maximum atomic E-state index is 11.1. The van der Waals surface area contributed by atoms with E-state index in [0.717, 1.165) is 6.08 Å². The average Bonchev–Trinajstić information content (AvgIpc) is 2.34. The normalized spacial score (nSPS) is 14.1. The highest BCUT2D eigenvalue weighted by Gasteiger charge is 2.33. The van der Waals surface area contributed by atoms with E-state index in [2.05, 4.69) is 6.58 Å². The number of aliphatic carboxylic acids is 1. The number of rotatable bonds is 10. The summed E-state index contributed by atoms with van der Waals surface area (Å²) in [4.78, 5) is 26.0. The second-order valence-corrected chi connectivity index (χ2v) is 5.37. The Balaban J connectivity index is 4.82. The van der Waals surface area contributed by atoms with Crippen molar-refractivity contribution in [3.63, 3.8) is 0 Å². The van der Waals surface area contributed by atoms with E-state index in [9.17, 15) is 9.59 Å². The van der Waals surface area contributed by atoms with Crippen LogP contribution in [0.2, 0.25) is 0 Å². The lowest BCUT2D eigenvalue weighted by molar-refractivity contribution is -0.140. The molecule has 0 spiro atoms. The van der Waals surface area contributed by atoms with Gasteiger partial charge < -0.3 is 19.6 Å². The highest BCUT2D eigenvalue weighted by molar-refractivity contribution is 5.81. The van der Waals surface area contributed by atoms with Crippen molar-refractivity contribution < 1.29 is 19.4 Å². The fourth-order valence-electron chi connectivity index (χ4n) is 2.20. The molecule has 0 aliphatic rings. The van der Waals surface area contributed by atoms with Crippen LogP contribution in [0.25, 0.3) is 0 Å². The van der Waals surface area contributed by atoms with Crippen molar-refractivity contribution in [1.82, 2.24) is 9.80 Å². The molecule has 0 rings (SSSR count). The molecule has 6 nitrogen and oxygen atoms in total. The maximum Gasteiger partial charge on any atom is 0.330 e. The molecule has 1 atom stereocenters. The minimum atomic E-state index is -0.821. The highest BCUT2D eigenvalue weighted by atomic mass is 16.5. The van der Waals surface area contributed by atoms with Crippen LogP contribution in [0.3, 0.4) is 0 Å². The smallest absolute Gasteiger partial charge is 0.330 e. The van der Waals surface area contributed by atoms with Gasteiger partial charge in [0.15, 0.2) is 0 Å². The van der Waals surface area contributed by atoms with E-state index in [0.29, 0.717) is 19.4 Å². The summed E-state index contributed by atoms with van der Waals surface area (Å²) in [6, 6.07) is 0. The van der Waals surface area contributed by atoms with Crippen LogP contribution in [0.15, 0.2) is 12.7 Å². The van der Waals surface area contributed by atoms with Gasteiger partial charge in [0.1, 0.15) is 0 Å². The summed E-state index contributed by atoms with van der Waals surface area (Å²) in [6.07, 6.45) is 2.28. The van der Waals surface area contributed by atoms with Gasteiger partial charge in [0.25, 0.3) is 0 Å². The second kappa shape index (κ2) is 8.71. The number of carbonyl (C=O) groups is 2. The molecule has 0 saturated carbocycles. The Morgan fingerprint density at radius 1 is 1.25 bits per heavy atom. The molecule has 20 heavy (non-hydrogen) atoms. The quantitative estimate of drug-likeness (QED) is 0.474. The first-order chi connectivity index (χ1) is 9.23. The summed E-state index contributed by atoms with van der Waals surface area (Å²) >= 11 is 0. The fraction of sp³-hybridized carbons (Fsp3) is 0.714. The molecule has 0 aliphatic heterocycles. The van der Waals surface area contributed by atoms with Crippen LogP contribution in [-0.2, 0) is 14.3 Å². The molecule has 0 saturated heterocycles. The van der Waals surface area contributed by atoms with Gasteiger partial charge in [0, 0.05) is 31.0 Å². The zero-order valence-corrected chi connectivity index (χ0v) is 12.9. The molecule has 0 aromatic carbocycles. The van der Waals surface area contributed by atoms with Crippen LogP contribution in [0.1, 0.15) is 19.3 Å². The van der Waals surface area contributed by atoms with E-state index in [1.165, 1.54) is 0 Å². The molecular weight excluding hydrogens is 260 g/mol. The molecular formula is C14H26N2O4. The van der Waals surface area contributed by atoms with Gasteiger partial charge in [-0.2, -0.15) is 0 Å². The number of carbonyl (C=O) groups excluding carboxylic acids is 1. The van der Waals surface area contributed by atoms with E-state index in [4.69, 9.17) is 9.84 Å². The number of nitrogens with zero attached hydrogens (tertiary/aromatic N) is 2. The van der Waals surface area contributed by atoms with Crippen LogP contribution >= 0.6 is 0 Å². The van der Waals surface area contributed by atoms with Gasteiger partial charge in [0.2, 0.25) is 0 Å². The summed E-state index contributed by atoms with van der Waals surface area (Å²) in [5.74, 6) is -1.28. The van der Waals surface area contributed by atoms with Crippen LogP contribution in [0.4, 0.5) is 0 Å².